The van der Waals surface area contributed by atoms with Crippen molar-refractivity contribution in [1.29, 1.82) is 0 Å². The average molecular weight is 368 g/mol. The molecule has 0 aromatic heterocycles. The summed E-state index contributed by atoms with van der Waals surface area (Å²) in [7, 11) is 0. The molecule has 0 radical (unpaired) electrons. The zero-order valence-corrected chi connectivity index (χ0v) is 14.2. The van der Waals surface area contributed by atoms with Gasteiger partial charge in [0.15, 0.2) is 0 Å². The van der Waals surface area contributed by atoms with E-state index in [-0.39, 0.29) is 13.1 Å². The molecule has 0 spiro atoms. The van der Waals surface area contributed by atoms with Gasteiger partial charge in [-0.3, -0.25) is 0 Å². The summed E-state index contributed by atoms with van der Waals surface area (Å²) in [4.78, 5) is 20.3. The van der Waals surface area contributed by atoms with Gasteiger partial charge in [0, 0.05) is 13.1 Å². The molecule has 0 aliphatic rings. The van der Waals surface area contributed by atoms with Gasteiger partial charge in [-0.25, -0.2) is 9.59 Å². The molecule has 148 valence electrons. The van der Waals surface area contributed by atoms with Crippen molar-refractivity contribution in [1.82, 2.24) is 10.6 Å². The maximum Gasteiger partial charge on any atom is 0.404 e. The number of hydrogen-bond acceptors (Lipinski definition) is 7. The van der Waals surface area contributed by atoms with Crippen molar-refractivity contribution in [2.45, 2.75) is 0 Å². The molecule has 25 heavy (non-hydrogen) atoms. The highest BCUT2D eigenvalue weighted by molar-refractivity contribution is 5.64. The third-order valence-corrected chi connectivity index (χ3v) is 2.53. The molecular weight excluding hydrogens is 340 g/mol. The van der Waals surface area contributed by atoms with E-state index >= 15 is 0 Å². The minimum absolute atomic E-state index is 0.253. The first-order valence-corrected chi connectivity index (χ1v) is 7.95. The van der Waals surface area contributed by atoms with Crippen molar-refractivity contribution >= 4 is 12.2 Å². The summed E-state index contributed by atoms with van der Waals surface area (Å²) in [6.45, 7) is 4.52. The molecule has 0 aromatic rings. The van der Waals surface area contributed by atoms with Crippen LogP contribution in [0, 0.1) is 0 Å². The Labute approximate surface area is 146 Å². The Bertz CT molecular complexity index is 301. The Morgan fingerprint density at radius 3 is 1.00 bits per heavy atom. The first-order chi connectivity index (χ1) is 12.1. The molecule has 0 rings (SSSR count). The second kappa shape index (κ2) is 18.7. The Kier molecular flexibility index (Phi) is 17.4. The summed E-state index contributed by atoms with van der Waals surface area (Å²) in [5, 5.41) is 21.0. The normalized spacial score (nSPS) is 10.6. The van der Waals surface area contributed by atoms with Gasteiger partial charge in [0.25, 0.3) is 0 Å². The Morgan fingerprint density at radius 1 is 0.520 bits per heavy atom. The number of hydrogen-bond donors (Lipinski definition) is 4. The number of nitrogens with one attached hydrogen (secondary N) is 2. The minimum Gasteiger partial charge on any atom is -0.465 e. The van der Waals surface area contributed by atoms with E-state index in [4.69, 9.17) is 33.9 Å². The van der Waals surface area contributed by atoms with Crippen LogP contribution in [0.25, 0.3) is 0 Å². The molecule has 0 unspecified atom stereocenters. The van der Waals surface area contributed by atoms with Crippen LogP contribution in [-0.2, 0) is 23.7 Å². The van der Waals surface area contributed by atoms with E-state index in [1.807, 2.05) is 0 Å². The van der Waals surface area contributed by atoms with Crippen LogP contribution < -0.4 is 10.6 Å². The topological polar surface area (TPSA) is 145 Å². The fourth-order valence-corrected chi connectivity index (χ4v) is 1.44. The summed E-state index contributed by atoms with van der Waals surface area (Å²) >= 11 is 0. The van der Waals surface area contributed by atoms with E-state index in [0.717, 1.165) is 0 Å². The molecule has 2 amide bonds. The Morgan fingerprint density at radius 2 is 0.760 bits per heavy atom. The molecule has 0 saturated carbocycles. The first kappa shape index (κ1) is 23.3. The Balaban J connectivity index is 3.00. The van der Waals surface area contributed by atoms with Gasteiger partial charge < -0.3 is 44.5 Å². The van der Waals surface area contributed by atoms with Gasteiger partial charge >= 0.3 is 12.2 Å². The predicted octanol–water partition coefficient (Wildman–Crippen LogP) is -0.395. The lowest BCUT2D eigenvalue weighted by Gasteiger charge is -2.08. The van der Waals surface area contributed by atoms with Crippen molar-refractivity contribution in [2.24, 2.45) is 0 Å². The minimum atomic E-state index is -1.07. The molecular formula is C14H28N2O9. The number of rotatable bonds is 18. The van der Waals surface area contributed by atoms with E-state index in [2.05, 4.69) is 10.6 Å². The second-order valence-electron chi connectivity index (χ2n) is 4.53. The van der Waals surface area contributed by atoms with Crippen LogP contribution in [0.3, 0.4) is 0 Å². The second-order valence-corrected chi connectivity index (χ2v) is 4.53. The Hall–Kier alpha value is -1.66. The molecule has 0 atom stereocenters. The molecule has 11 nitrogen and oxygen atoms in total. The summed E-state index contributed by atoms with van der Waals surface area (Å²) < 4.78 is 26.1. The van der Waals surface area contributed by atoms with Gasteiger partial charge in [0.05, 0.1) is 66.1 Å². The number of carboxylic acid groups (broad SMARTS) is 2. The summed E-state index contributed by atoms with van der Waals surface area (Å²) in [6, 6.07) is 0. The smallest absolute Gasteiger partial charge is 0.404 e. The highest BCUT2D eigenvalue weighted by atomic mass is 16.6. The van der Waals surface area contributed by atoms with Crippen LogP contribution in [0.1, 0.15) is 0 Å². The monoisotopic (exact) mass is 368 g/mol. The van der Waals surface area contributed by atoms with Crippen molar-refractivity contribution in [3.8, 4) is 0 Å². The van der Waals surface area contributed by atoms with Gasteiger partial charge in [0.2, 0.25) is 0 Å². The first-order valence-electron chi connectivity index (χ1n) is 7.95. The van der Waals surface area contributed by atoms with Crippen molar-refractivity contribution < 1.29 is 43.5 Å². The maximum absolute atomic E-state index is 10.2. The van der Waals surface area contributed by atoms with Crippen LogP contribution in [-0.4, -0.2) is 102 Å². The molecule has 0 aliphatic heterocycles. The van der Waals surface area contributed by atoms with E-state index in [1.165, 1.54) is 0 Å². The van der Waals surface area contributed by atoms with Gasteiger partial charge in [-0.2, -0.15) is 0 Å². The molecule has 0 aliphatic carbocycles. The standard InChI is InChI=1S/C14H28N2O9/c17-13(18)15-1-3-21-5-7-23-9-11-25-12-10-24-8-6-22-4-2-16-14(19)20/h15-16H,1-12H2,(H,17,18)(H,19,20). The average Bonchev–Trinajstić information content (AvgIpc) is 2.56. The molecule has 11 heteroatoms. The zero-order valence-electron chi connectivity index (χ0n) is 14.2. The highest BCUT2D eigenvalue weighted by Gasteiger charge is 1.96. The van der Waals surface area contributed by atoms with E-state index in [9.17, 15) is 9.59 Å². The number of carbonyl (C=O) groups is 2. The van der Waals surface area contributed by atoms with Crippen molar-refractivity contribution in [3.63, 3.8) is 0 Å². The summed E-state index contributed by atoms with van der Waals surface area (Å²) in [6.07, 6.45) is -2.14. The van der Waals surface area contributed by atoms with Crippen LogP contribution in [0.5, 0.6) is 0 Å². The van der Waals surface area contributed by atoms with Crippen LogP contribution in [0.2, 0.25) is 0 Å². The quantitative estimate of drug-likeness (QED) is 0.238. The molecule has 0 aromatic carbocycles. The van der Waals surface area contributed by atoms with E-state index < -0.39 is 12.2 Å². The lowest BCUT2D eigenvalue weighted by atomic mass is 10.6. The third kappa shape index (κ3) is 22.3. The zero-order chi connectivity index (χ0) is 18.6. The van der Waals surface area contributed by atoms with Gasteiger partial charge in [-0.1, -0.05) is 0 Å². The van der Waals surface area contributed by atoms with Gasteiger partial charge in [-0.15, -0.1) is 0 Å². The predicted molar refractivity (Wildman–Crippen MR) is 86.2 cm³/mol. The summed E-state index contributed by atoms with van der Waals surface area (Å²) in [5.74, 6) is 0. The van der Waals surface area contributed by atoms with Crippen LogP contribution in [0.4, 0.5) is 9.59 Å². The lowest BCUT2D eigenvalue weighted by molar-refractivity contribution is -0.0105. The van der Waals surface area contributed by atoms with Gasteiger partial charge in [-0.05, 0) is 0 Å². The third-order valence-electron chi connectivity index (χ3n) is 2.53. The van der Waals surface area contributed by atoms with E-state index in [0.29, 0.717) is 66.1 Å². The van der Waals surface area contributed by atoms with Crippen molar-refractivity contribution in [2.75, 3.05) is 79.2 Å². The SMILES string of the molecule is O=C(O)NCCOCCOCCOCCOCCOCCNC(=O)O. The van der Waals surface area contributed by atoms with E-state index in [1.54, 1.807) is 0 Å². The largest absolute Gasteiger partial charge is 0.465 e. The molecule has 0 heterocycles. The number of ether oxygens (including phenoxy) is 5. The van der Waals surface area contributed by atoms with Gasteiger partial charge in [0.1, 0.15) is 0 Å². The fraction of sp³-hybridized carbons (Fsp3) is 0.857. The highest BCUT2D eigenvalue weighted by Crippen LogP contribution is 1.83. The molecule has 0 fully saturated rings. The maximum atomic E-state index is 10.2. The van der Waals surface area contributed by atoms with Crippen LogP contribution in [0.15, 0.2) is 0 Å². The molecule has 0 saturated heterocycles. The molecule has 0 bridgehead atoms. The fourth-order valence-electron chi connectivity index (χ4n) is 1.44. The number of amides is 2. The van der Waals surface area contributed by atoms with Crippen molar-refractivity contribution in [3.05, 3.63) is 0 Å². The lowest BCUT2D eigenvalue weighted by Crippen LogP contribution is -2.25. The van der Waals surface area contributed by atoms with Crippen LogP contribution >= 0.6 is 0 Å². The molecule has 4 N–H and O–H groups in total. The summed E-state index contributed by atoms with van der Waals surface area (Å²) in [5.41, 5.74) is 0.